The van der Waals surface area contributed by atoms with Crippen LogP contribution >= 0.6 is 7.82 Å². The maximum Gasteiger partial charge on any atom is 0.472 e. The first kappa shape index (κ1) is 70.9. The second-order valence-corrected chi connectivity index (χ2v) is 21.2. The number of rotatable bonds is 55. The summed E-state index contributed by atoms with van der Waals surface area (Å²) in [5.41, 5.74) is 0. The minimum absolute atomic E-state index is 0.140. The Morgan fingerprint density at radius 2 is 0.703 bits per heavy atom. The minimum atomic E-state index is -4.76. The summed E-state index contributed by atoms with van der Waals surface area (Å²) in [5, 5.41) is 9.81. The lowest BCUT2D eigenvalue weighted by molar-refractivity contribution is -0.161. The van der Waals surface area contributed by atoms with E-state index in [0.717, 1.165) is 103 Å². The molecule has 0 bridgehead atoms. The third kappa shape index (κ3) is 53.7. The number of carbonyl (C=O) groups is 3. The summed E-state index contributed by atoms with van der Waals surface area (Å²) >= 11 is 0. The average molecular weight is 1060 g/mol. The van der Waals surface area contributed by atoms with E-state index in [4.69, 9.17) is 23.3 Å². The fourth-order valence-corrected chi connectivity index (χ4v) is 8.83. The van der Waals surface area contributed by atoms with Gasteiger partial charge < -0.3 is 24.2 Å². The van der Waals surface area contributed by atoms with Crippen molar-refractivity contribution in [1.29, 1.82) is 0 Å². The number of carbonyl (C=O) groups excluding carboxylic acids is 3. The van der Waals surface area contributed by atoms with Crippen LogP contribution in [0.4, 0.5) is 0 Å². The highest BCUT2D eigenvalue weighted by Crippen LogP contribution is 2.43. The first-order chi connectivity index (χ1) is 36.2. The van der Waals surface area contributed by atoms with E-state index in [0.29, 0.717) is 19.3 Å². The second-order valence-electron chi connectivity index (χ2n) is 19.8. The summed E-state index contributed by atoms with van der Waals surface area (Å²) < 4.78 is 39.5. The molecule has 74 heavy (non-hydrogen) atoms. The van der Waals surface area contributed by atoms with Gasteiger partial charge in [0.15, 0.2) is 6.10 Å². The molecule has 12 heteroatoms. The Morgan fingerprint density at radius 3 is 1.14 bits per heavy atom. The Hall–Kier alpha value is -3.08. The van der Waals surface area contributed by atoms with Gasteiger partial charge in [0.05, 0.1) is 19.8 Å². The van der Waals surface area contributed by atoms with Crippen molar-refractivity contribution in [3.8, 4) is 0 Å². The number of unbranched alkanes of at least 4 members (excludes halogenated alkanes) is 26. The van der Waals surface area contributed by atoms with Gasteiger partial charge >= 0.3 is 25.7 Å². The monoisotopic (exact) mass is 1060 g/mol. The first-order valence-corrected chi connectivity index (χ1v) is 31.3. The summed E-state index contributed by atoms with van der Waals surface area (Å²) in [6, 6.07) is 0. The number of hydrogen-bond donors (Lipinski definition) is 2. The van der Waals surface area contributed by atoms with Gasteiger partial charge in [-0.1, -0.05) is 209 Å². The Labute approximate surface area is 452 Å². The zero-order valence-corrected chi connectivity index (χ0v) is 48.2. The van der Waals surface area contributed by atoms with E-state index >= 15 is 0 Å². The van der Waals surface area contributed by atoms with Gasteiger partial charge in [0.25, 0.3) is 0 Å². The number of allylic oxidation sites excluding steroid dienone is 12. The highest BCUT2D eigenvalue weighted by molar-refractivity contribution is 7.47. The third-order valence-electron chi connectivity index (χ3n) is 12.6. The molecule has 0 aliphatic heterocycles. The van der Waals surface area contributed by atoms with Gasteiger partial charge in [-0.2, -0.15) is 0 Å². The number of ether oxygens (including phenoxy) is 3. The van der Waals surface area contributed by atoms with Crippen molar-refractivity contribution in [2.45, 2.75) is 277 Å². The van der Waals surface area contributed by atoms with E-state index < -0.39 is 57.8 Å². The first-order valence-electron chi connectivity index (χ1n) is 29.8. The van der Waals surface area contributed by atoms with Crippen molar-refractivity contribution in [3.05, 3.63) is 72.9 Å². The van der Waals surface area contributed by atoms with E-state index in [2.05, 4.69) is 93.7 Å². The van der Waals surface area contributed by atoms with Crippen LogP contribution in [0.1, 0.15) is 265 Å². The fraction of sp³-hybridized carbons (Fsp3) is 0.758. The number of phosphoric acid groups is 1. The van der Waals surface area contributed by atoms with Crippen molar-refractivity contribution in [2.75, 3.05) is 26.4 Å². The number of aliphatic hydroxyl groups is 1. The van der Waals surface area contributed by atoms with Crippen LogP contribution in [0.2, 0.25) is 0 Å². The molecule has 0 rings (SSSR count). The Kier molecular flexibility index (Phi) is 53.8. The number of esters is 3. The predicted molar refractivity (Wildman–Crippen MR) is 307 cm³/mol. The van der Waals surface area contributed by atoms with Gasteiger partial charge in [0, 0.05) is 19.3 Å². The predicted octanol–water partition coefficient (Wildman–Crippen LogP) is 17.7. The SMILES string of the molecule is CC/C=C\C/C=C\C/C=C\CCCCCC(=O)OC(CO)COP(=O)(O)OCC(COC(=O)CCCCCCC/C=C\C/C=C\CCCCC)OC(=O)CCCCCCCCCCC/C=C\CCCCCCCC. The number of phosphoric ester groups is 1. The Balaban J connectivity index is 4.75. The van der Waals surface area contributed by atoms with Crippen molar-refractivity contribution in [3.63, 3.8) is 0 Å². The van der Waals surface area contributed by atoms with Crippen LogP contribution in [0.5, 0.6) is 0 Å². The lowest BCUT2D eigenvalue weighted by Gasteiger charge is -2.21. The molecule has 0 saturated carbocycles. The molecule has 0 aromatic heterocycles. The van der Waals surface area contributed by atoms with E-state index in [9.17, 15) is 28.9 Å². The van der Waals surface area contributed by atoms with Crippen molar-refractivity contribution < 1.29 is 52.2 Å². The Bertz CT molecular complexity index is 1520. The molecule has 0 saturated heterocycles. The number of aliphatic hydroxyl groups excluding tert-OH is 1. The van der Waals surface area contributed by atoms with Crippen molar-refractivity contribution >= 4 is 25.7 Å². The van der Waals surface area contributed by atoms with Crippen LogP contribution in [0.3, 0.4) is 0 Å². The van der Waals surface area contributed by atoms with Gasteiger partial charge in [0.1, 0.15) is 12.7 Å². The van der Waals surface area contributed by atoms with Crippen molar-refractivity contribution in [2.24, 2.45) is 0 Å². The van der Waals surface area contributed by atoms with Gasteiger partial charge in [-0.25, -0.2) is 4.57 Å². The lowest BCUT2D eigenvalue weighted by Crippen LogP contribution is -2.30. The van der Waals surface area contributed by atoms with Gasteiger partial charge in [-0.3, -0.25) is 23.4 Å². The number of hydrogen-bond acceptors (Lipinski definition) is 10. The topological polar surface area (TPSA) is 155 Å². The van der Waals surface area contributed by atoms with E-state index in [1.807, 2.05) is 0 Å². The maximum atomic E-state index is 12.9. The van der Waals surface area contributed by atoms with Gasteiger partial charge in [-0.05, 0) is 109 Å². The van der Waals surface area contributed by atoms with Crippen LogP contribution in [0, 0.1) is 0 Å². The fourth-order valence-electron chi connectivity index (χ4n) is 8.04. The summed E-state index contributed by atoms with van der Waals surface area (Å²) in [7, 11) is -4.76. The van der Waals surface area contributed by atoms with Gasteiger partial charge in [0.2, 0.25) is 0 Å². The normalized spacial score (nSPS) is 13.9. The average Bonchev–Trinajstić information content (AvgIpc) is 3.39. The molecule has 11 nitrogen and oxygen atoms in total. The molecule has 0 aromatic rings. The van der Waals surface area contributed by atoms with E-state index in [1.165, 1.54) is 103 Å². The molecular weight excluding hydrogens is 952 g/mol. The molecular formula is C62H109O11P. The molecule has 0 fully saturated rings. The van der Waals surface area contributed by atoms with Gasteiger partial charge in [-0.15, -0.1) is 0 Å². The third-order valence-corrected chi connectivity index (χ3v) is 13.5. The molecule has 428 valence electrons. The van der Waals surface area contributed by atoms with Crippen LogP contribution in [-0.4, -0.2) is 66.5 Å². The molecule has 0 spiro atoms. The van der Waals surface area contributed by atoms with Crippen LogP contribution in [0.15, 0.2) is 72.9 Å². The molecule has 2 N–H and O–H groups in total. The maximum absolute atomic E-state index is 12.9. The van der Waals surface area contributed by atoms with E-state index in [1.54, 1.807) is 0 Å². The van der Waals surface area contributed by atoms with Crippen LogP contribution in [0.25, 0.3) is 0 Å². The largest absolute Gasteiger partial charge is 0.472 e. The zero-order chi connectivity index (χ0) is 54.1. The minimum Gasteiger partial charge on any atom is -0.462 e. The summed E-state index contributed by atoms with van der Waals surface area (Å²) in [5.74, 6) is -1.51. The zero-order valence-electron chi connectivity index (χ0n) is 47.3. The highest BCUT2D eigenvalue weighted by Gasteiger charge is 2.28. The summed E-state index contributed by atoms with van der Waals surface area (Å²) in [4.78, 5) is 48.6. The van der Waals surface area contributed by atoms with Crippen LogP contribution < -0.4 is 0 Å². The molecule has 0 aliphatic carbocycles. The molecule has 0 amide bonds. The molecule has 3 atom stereocenters. The smallest absolute Gasteiger partial charge is 0.462 e. The summed E-state index contributed by atoms with van der Waals surface area (Å²) in [6.45, 7) is 4.47. The molecule has 3 unspecified atom stereocenters. The van der Waals surface area contributed by atoms with Crippen LogP contribution in [-0.2, 0) is 42.2 Å². The molecule has 0 heterocycles. The summed E-state index contributed by atoms with van der Waals surface area (Å²) in [6.07, 6.45) is 62.9. The highest BCUT2D eigenvalue weighted by atomic mass is 31.2. The second kappa shape index (κ2) is 56.1. The van der Waals surface area contributed by atoms with Crippen molar-refractivity contribution in [1.82, 2.24) is 0 Å². The lowest BCUT2D eigenvalue weighted by atomic mass is 10.1. The Morgan fingerprint density at radius 1 is 0.392 bits per heavy atom. The standard InChI is InChI=1S/C62H109O11P/c1-4-7-10-13-16-19-22-25-27-28-29-30-32-35-38-41-44-47-50-53-62(66)73-59(55-69-60(64)51-48-45-42-39-36-34-31-26-23-20-17-14-11-8-5-2)57-71-74(67,68)70-56-58(54-63)72-61(65)52-49-46-43-40-37-33-24-21-18-15-12-9-6-3/h9,12,17-18,20-21,25-27,31,33,37,58-59,63H,4-8,10-11,13-16,19,22-24,28-30,32,34-36,38-57H2,1-3H3,(H,67,68)/b12-9-,20-17-,21-18-,27-25-,31-26-,37-33-. The van der Waals surface area contributed by atoms with E-state index in [-0.39, 0.29) is 25.9 Å². The molecule has 0 aromatic carbocycles. The molecule has 0 aliphatic rings. The quantitative estimate of drug-likeness (QED) is 0.0197. The molecule has 0 radical (unpaired) electrons.